The molecule has 1 saturated carbocycles. The molecule has 16 heavy (non-hydrogen) atoms. The van der Waals surface area contributed by atoms with Gasteiger partial charge in [0.05, 0.1) is 11.4 Å². The molecule has 0 amide bonds. The maximum absolute atomic E-state index is 4.59. The van der Waals surface area contributed by atoms with Crippen LogP contribution in [0.2, 0.25) is 0 Å². The van der Waals surface area contributed by atoms with Crippen LogP contribution in [0.5, 0.6) is 0 Å². The van der Waals surface area contributed by atoms with Crippen molar-refractivity contribution in [1.29, 1.82) is 0 Å². The second-order valence-electron chi connectivity index (χ2n) is 4.26. The summed E-state index contributed by atoms with van der Waals surface area (Å²) in [5.74, 6) is 0. The van der Waals surface area contributed by atoms with Gasteiger partial charge in [-0.1, -0.05) is 0 Å². The van der Waals surface area contributed by atoms with E-state index in [-0.39, 0.29) is 0 Å². The molecular weight excluding hydrogens is 220 g/mol. The minimum Gasteiger partial charge on any atom is -0.359 e. The number of thiazole rings is 1. The Morgan fingerprint density at radius 1 is 1.50 bits per heavy atom. The lowest BCUT2D eigenvalue weighted by atomic mass is 10.2. The highest BCUT2D eigenvalue weighted by molar-refractivity contribution is 7.14. The highest BCUT2D eigenvalue weighted by Gasteiger charge is 2.22. The third-order valence-electron chi connectivity index (χ3n) is 2.70. The van der Waals surface area contributed by atoms with E-state index in [9.17, 15) is 0 Å². The molecule has 0 aliphatic heterocycles. The zero-order chi connectivity index (χ0) is 11.1. The number of nitrogens with zero attached hydrogens (tertiary/aromatic N) is 3. The Bertz CT molecular complexity index is 510. The summed E-state index contributed by atoms with van der Waals surface area (Å²) in [5, 5.41) is 10.9. The Morgan fingerprint density at radius 2 is 2.31 bits per heavy atom. The SMILES string of the molecule is Cc1nn(C)cc1-c1csc(NC2CC2)n1. The molecule has 0 spiro atoms. The van der Waals surface area contributed by atoms with Crippen LogP contribution >= 0.6 is 11.3 Å². The minimum absolute atomic E-state index is 0.661. The molecule has 0 radical (unpaired) electrons. The van der Waals surface area contributed by atoms with Crippen LogP contribution in [0.3, 0.4) is 0 Å². The van der Waals surface area contributed by atoms with Gasteiger partial charge in [0.2, 0.25) is 0 Å². The number of aryl methyl sites for hydroxylation is 2. The fraction of sp³-hybridized carbons (Fsp3) is 0.455. The van der Waals surface area contributed by atoms with Crippen molar-refractivity contribution in [3.8, 4) is 11.3 Å². The van der Waals surface area contributed by atoms with Crippen LogP contribution in [0.25, 0.3) is 11.3 Å². The molecule has 0 atom stereocenters. The van der Waals surface area contributed by atoms with Crippen molar-refractivity contribution in [2.24, 2.45) is 7.05 Å². The third-order valence-corrected chi connectivity index (χ3v) is 3.47. The second kappa shape index (κ2) is 3.59. The summed E-state index contributed by atoms with van der Waals surface area (Å²) in [7, 11) is 1.94. The number of nitrogens with one attached hydrogen (secondary N) is 1. The molecule has 1 N–H and O–H groups in total. The average Bonchev–Trinajstić information content (AvgIpc) is 2.80. The van der Waals surface area contributed by atoms with Crippen molar-refractivity contribution in [3.63, 3.8) is 0 Å². The van der Waals surface area contributed by atoms with E-state index in [4.69, 9.17) is 0 Å². The highest BCUT2D eigenvalue weighted by atomic mass is 32.1. The van der Waals surface area contributed by atoms with Gasteiger partial charge in [0, 0.05) is 30.2 Å². The lowest BCUT2D eigenvalue weighted by Crippen LogP contribution is -1.99. The van der Waals surface area contributed by atoms with Crippen molar-refractivity contribution in [2.75, 3.05) is 5.32 Å². The van der Waals surface area contributed by atoms with E-state index in [1.54, 1.807) is 11.3 Å². The predicted molar refractivity (Wildman–Crippen MR) is 65.7 cm³/mol. The molecular formula is C11H14N4S. The maximum atomic E-state index is 4.59. The zero-order valence-electron chi connectivity index (χ0n) is 9.40. The Morgan fingerprint density at radius 3 is 2.94 bits per heavy atom. The molecule has 4 nitrogen and oxygen atoms in total. The van der Waals surface area contributed by atoms with E-state index in [1.165, 1.54) is 12.8 Å². The highest BCUT2D eigenvalue weighted by Crippen LogP contribution is 2.30. The van der Waals surface area contributed by atoms with Crippen molar-refractivity contribution in [1.82, 2.24) is 14.8 Å². The number of hydrogen-bond acceptors (Lipinski definition) is 4. The topological polar surface area (TPSA) is 42.7 Å². The van der Waals surface area contributed by atoms with Gasteiger partial charge in [-0.25, -0.2) is 4.98 Å². The second-order valence-corrected chi connectivity index (χ2v) is 5.12. The van der Waals surface area contributed by atoms with Crippen LogP contribution in [0, 0.1) is 6.92 Å². The molecule has 1 aliphatic rings. The number of hydrogen-bond donors (Lipinski definition) is 1. The normalized spacial score (nSPS) is 15.4. The van der Waals surface area contributed by atoms with Gasteiger partial charge in [0.15, 0.2) is 5.13 Å². The maximum Gasteiger partial charge on any atom is 0.183 e. The van der Waals surface area contributed by atoms with E-state index in [2.05, 4.69) is 20.8 Å². The Labute approximate surface area is 98.3 Å². The lowest BCUT2D eigenvalue weighted by molar-refractivity contribution is 0.756. The Hall–Kier alpha value is -1.36. The van der Waals surface area contributed by atoms with Crippen LogP contribution in [-0.4, -0.2) is 20.8 Å². The van der Waals surface area contributed by atoms with Gasteiger partial charge < -0.3 is 5.32 Å². The van der Waals surface area contributed by atoms with Crippen molar-refractivity contribution < 1.29 is 0 Å². The molecule has 2 aromatic heterocycles. The minimum atomic E-state index is 0.661. The summed E-state index contributed by atoms with van der Waals surface area (Å²) in [6.07, 6.45) is 4.58. The van der Waals surface area contributed by atoms with E-state index < -0.39 is 0 Å². The van der Waals surface area contributed by atoms with Gasteiger partial charge >= 0.3 is 0 Å². The van der Waals surface area contributed by atoms with Crippen molar-refractivity contribution in [2.45, 2.75) is 25.8 Å². The standard InChI is InChI=1S/C11H14N4S/c1-7-9(5-15(2)14-7)10-6-16-11(13-10)12-8-3-4-8/h5-6,8H,3-4H2,1-2H3,(H,12,13). The van der Waals surface area contributed by atoms with Crippen LogP contribution in [-0.2, 0) is 7.05 Å². The summed E-state index contributed by atoms with van der Waals surface area (Å²) in [6, 6.07) is 0.661. The summed E-state index contributed by atoms with van der Waals surface area (Å²) >= 11 is 1.67. The van der Waals surface area contributed by atoms with Crippen molar-refractivity contribution in [3.05, 3.63) is 17.3 Å². The van der Waals surface area contributed by atoms with Crippen LogP contribution in [0.15, 0.2) is 11.6 Å². The van der Waals surface area contributed by atoms with Gasteiger partial charge in [-0.05, 0) is 19.8 Å². The summed E-state index contributed by atoms with van der Waals surface area (Å²) in [4.78, 5) is 4.59. The number of aromatic nitrogens is 3. The monoisotopic (exact) mass is 234 g/mol. The molecule has 84 valence electrons. The molecule has 0 unspecified atom stereocenters. The first kappa shape index (κ1) is 9.84. The van der Waals surface area contributed by atoms with E-state index in [1.807, 2.05) is 24.9 Å². The molecule has 0 bridgehead atoms. The van der Waals surface area contributed by atoms with Gasteiger partial charge in [0.25, 0.3) is 0 Å². The number of rotatable bonds is 3. The van der Waals surface area contributed by atoms with Crippen LogP contribution < -0.4 is 5.32 Å². The molecule has 0 saturated heterocycles. The van der Waals surface area contributed by atoms with Gasteiger partial charge in [0.1, 0.15) is 0 Å². The third kappa shape index (κ3) is 1.82. The zero-order valence-corrected chi connectivity index (χ0v) is 10.2. The molecule has 2 heterocycles. The smallest absolute Gasteiger partial charge is 0.183 e. The first-order chi connectivity index (χ1) is 7.72. The summed E-state index contributed by atoms with van der Waals surface area (Å²) in [5.41, 5.74) is 3.19. The van der Waals surface area contributed by atoms with E-state index in [0.29, 0.717) is 6.04 Å². The molecule has 1 fully saturated rings. The Kier molecular flexibility index (Phi) is 2.21. The Balaban J connectivity index is 1.87. The van der Waals surface area contributed by atoms with Crippen LogP contribution in [0.1, 0.15) is 18.5 Å². The summed E-state index contributed by atoms with van der Waals surface area (Å²) in [6.45, 7) is 2.02. The van der Waals surface area contributed by atoms with Gasteiger partial charge in [-0.2, -0.15) is 5.10 Å². The molecule has 1 aliphatic carbocycles. The lowest BCUT2D eigenvalue weighted by Gasteiger charge is -1.96. The number of anilines is 1. The fourth-order valence-electron chi connectivity index (χ4n) is 1.72. The quantitative estimate of drug-likeness (QED) is 0.887. The fourth-order valence-corrected chi connectivity index (χ4v) is 2.51. The first-order valence-electron chi connectivity index (χ1n) is 5.45. The van der Waals surface area contributed by atoms with Gasteiger partial charge in [-0.3, -0.25) is 4.68 Å². The molecule has 2 aromatic rings. The molecule has 3 rings (SSSR count). The average molecular weight is 234 g/mol. The largest absolute Gasteiger partial charge is 0.359 e. The van der Waals surface area contributed by atoms with Gasteiger partial charge in [-0.15, -0.1) is 11.3 Å². The van der Waals surface area contributed by atoms with E-state index >= 15 is 0 Å². The van der Waals surface area contributed by atoms with Crippen molar-refractivity contribution >= 4 is 16.5 Å². The first-order valence-corrected chi connectivity index (χ1v) is 6.33. The summed E-state index contributed by atoms with van der Waals surface area (Å²) < 4.78 is 1.83. The van der Waals surface area contributed by atoms with E-state index in [0.717, 1.165) is 22.1 Å². The molecule has 0 aromatic carbocycles. The van der Waals surface area contributed by atoms with Crippen LogP contribution in [0.4, 0.5) is 5.13 Å². The predicted octanol–water partition coefficient (Wildman–Crippen LogP) is 2.43. The molecule has 5 heteroatoms.